The third kappa shape index (κ3) is 2.82. The molecule has 3 rings (SSSR count). The molecule has 0 heterocycles. The highest BCUT2D eigenvalue weighted by atomic mass is 32.1. The molecule has 0 unspecified atom stereocenters. The van der Waals surface area contributed by atoms with Crippen LogP contribution in [0.15, 0.2) is 41.5 Å². The van der Waals surface area contributed by atoms with Crippen molar-refractivity contribution in [3.05, 3.63) is 42.0 Å². The Kier molecular flexibility index (Phi) is 3.69. The van der Waals surface area contributed by atoms with Crippen LogP contribution >= 0.6 is 12.2 Å². The Morgan fingerprint density at radius 3 is 2.85 bits per heavy atom. The quantitative estimate of drug-likeness (QED) is 0.345. The Hall–Kier alpha value is -1.88. The van der Waals surface area contributed by atoms with E-state index in [0.717, 1.165) is 6.42 Å². The minimum atomic E-state index is 0.204. The number of benzene rings is 1. The molecule has 4 nitrogen and oxygen atoms in total. The van der Waals surface area contributed by atoms with E-state index in [1.165, 1.54) is 6.42 Å². The summed E-state index contributed by atoms with van der Waals surface area (Å²) in [6.07, 6.45) is 8.52. The molecule has 2 bridgehead atoms. The number of hydrogen-bond acceptors (Lipinski definition) is 3. The van der Waals surface area contributed by atoms with Crippen LogP contribution in [0, 0.1) is 11.8 Å². The van der Waals surface area contributed by atoms with Crippen LogP contribution in [-0.2, 0) is 0 Å². The highest BCUT2D eigenvalue weighted by Gasteiger charge is 2.35. The van der Waals surface area contributed by atoms with Gasteiger partial charge in [0.2, 0.25) is 0 Å². The summed E-state index contributed by atoms with van der Waals surface area (Å²) in [5.41, 5.74) is 3.46. The van der Waals surface area contributed by atoms with Crippen LogP contribution in [0.25, 0.3) is 0 Å². The van der Waals surface area contributed by atoms with Crippen molar-refractivity contribution in [2.45, 2.75) is 18.9 Å². The predicted molar refractivity (Wildman–Crippen MR) is 83.7 cm³/mol. The van der Waals surface area contributed by atoms with Gasteiger partial charge in [-0.2, -0.15) is 5.10 Å². The number of nitrogens with zero attached hydrogens (tertiary/aromatic N) is 1. The summed E-state index contributed by atoms with van der Waals surface area (Å²) in [6, 6.07) is 7.45. The van der Waals surface area contributed by atoms with Crippen LogP contribution < -0.4 is 10.7 Å². The number of aromatic hydroxyl groups is 1. The molecule has 5 heteroatoms. The van der Waals surface area contributed by atoms with Crippen LogP contribution in [0.4, 0.5) is 0 Å². The zero-order chi connectivity index (χ0) is 13.9. The van der Waals surface area contributed by atoms with E-state index in [4.69, 9.17) is 12.2 Å². The molecule has 0 spiro atoms. The van der Waals surface area contributed by atoms with Crippen molar-refractivity contribution in [1.29, 1.82) is 0 Å². The lowest BCUT2D eigenvalue weighted by atomic mass is 10.0. The molecule has 0 aliphatic heterocycles. The molecule has 1 aromatic rings. The normalized spacial score (nSPS) is 27.1. The lowest BCUT2D eigenvalue weighted by Gasteiger charge is -2.20. The Balaban J connectivity index is 1.50. The van der Waals surface area contributed by atoms with Gasteiger partial charge in [0.05, 0.1) is 6.21 Å². The Morgan fingerprint density at radius 1 is 1.30 bits per heavy atom. The average molecular weight is 287 g/mol. The fourth-order valence-electron chi connectivity index (χ4n) is 2.90. The van der Waals surface area contributed by atoms with Crippen molar-refractivity contribution in [2.24, 2.45) is 16.9 Å². The van der Waals surface area contributed by atoms with Gasteiger partial charge in [0.15, 0.2) is 5.11 Å². The third-order valence-corrected chi connectivity index (χ3v) is 4.11. The molecule has 2 aliphatic carbocycles. The van der Waals surface area contributed by atoms with E-state index in [2.05, 4.69) is 28.0 Å². The molecule has 0 radical (unpaired) electrons. The molecule has 1 fully saturated rings. The van der Waals surface area contributed by atoms with Gasteiger partial charge in [-0.1, -0.05) is 24.3 Å². The fourth-order valence-corrected chi connectivity index (χ4v) is 3.11. The largest absolute Gasteiger partial charge is 0.507 e. The SMILES string of the molecule is Oc1ccccc1/C=N\NC(=S)N[C@H]1C[C@H]2C=C[C@@H]1C2. The number of fused-ring (bicyclic) bond motifs is 2. The second kappa shape index (κ2) is 5.63. The van der Waals surface area contributed by atoms with E-state index in [9.17, 15) is 5.11 Å². The van der Waals surface area contributed by atoms with Gasteiger partial charge in [0.1, 0.15) is 5.75 Å². The molecule has 20 heavy (non-hydrogen) atoms. The van der Waals surface area contributed by atoms with E-state index in [0.29, 0.717) is 28.6 Å². The summed E-state index contributed by atoms with van der Waals surface area (Å²) < 4.78 is 0. The highest BCUT2D eigenvalue weighted by molar-refractivity contribution is 7.80. The summed E-state index contributed by atoms with van der Waals surface area (Å²) >= 11 is 5.23. The van der Waals surface area contributed by atoms with Crippen LogP contribution in [0.2, 0.25) is 0 Å². The lowest BCUT2D eigenvalue weighted by molar-refractivity contribution is 0.474. The van der Waals surface area contributed by atoms with Gasteiger partial charge in [0, 0.05) is 11.6 Å². The van der Waals surface area contributed by atoms with E-state index in [1.807, 2.05) is 6.07 Å². The maximum absolute atomic E-state index is 9.60. The standard InChI is InChI=1S/C15H17N3OS/c19-14-4-2-1-3-12(14)9-16-18-15(20)17-13-8-10-5-6-11(13)7-10/h1-6,9-11,13,19H,7-8H2,(H2,17,18,20)/b16-9-/t10-,11+,13-/m0/s1. The Morgan fingerprint density at radius 2 is 2.15 bits per heavy atom. The number of nitrogens with one attached hydrogen (secondary N) is 2. The van der Waals surface area contributed by atoms with Gasteiger partial charge < -0.3 is 10.4 Å². The molecule has 0 saturated heterocycles. The summed E-state index contributed by atoms with van der Waals surface area (Å²) in [4.78, 5) is 0. The van der Waals surface area contributed by atoms with Crippen LogP contribution in [0.1, 0.15) is 18.4 Å². The zero-order valence-electron chi connectivity index (χ0n) is 11.0. The van der Waals surface area contributed by atoms with Crippen molar-refractivity contribution < 1.29 is 5.11 Å². The van der Waals surface area contributed by atoms with Gasteiger partial charge in [-0.15, -0.1) is 0 Å². The molecule has 3 atom stereocenters. The third-order valence-electron chi connectivity index (χ3n) is 3.90. The Labute approximate surface area is 123 Å². The highest BCUT2D eigenvalue weighted by Crippen LogP contribution is 2.38. The second-order valence-corrected chi connectivity index (χ2v) is 5.70. The molecule has 0 amide bonds. The van der Waals surface area contributed by atoms with E-state index in [-0.39, 0.29) is 5.75 Å². The fraction of sp³-hybridized carbons (Fsp3) is 0.333. The van der Waals surface area contributed by atoms with Gasteiger partial charge in [0.25, 0.3) is 0 Å². The van der Waals surface area contributed by atoms with Crippen molar-refractivity contribution >= 4 is 23.5 Å². The van der Waals surface area contributed by atoms with Gasteiger partial charge in [-0.3, -0.25) is 5.43 Å². The first-order chi connectivity index (χ1) is 9.72. The number of hydrogen-bond donors (Lipinski definition) is 3. The molecule has 1 saturated carbocycles. The minimum absolute atomic E-state index is 0.204. The topological polar surface area (TPSA) is 56.7 Å². The van der Waals surface area contributed by atoms with Gasteiger partial charge in [-0.25, -0.2) is 0 Å². The number of phenolic OH excluding ortho intramolecular Hbond substituents is 1. The summed E-state index contributed by atoms with van der Waals surface area (Å²) in [6.45, 7) is 0. The minimum Gasteiger partial charge on any atom is -0.507 e. The molecule has 2 aliphatic rings. The lowest BCUT2D eigenvalue weighted by Crippen LogP contribution is -2.42. The molecule has 3 N–H and O–H groups in total. The predicted octanol–water partition coefficient (Wildman–Crippen LogP) is 2.15. The van der Waals surface area contributed by atoms with E-state index < -0.39 is 0 Å². The smallest absolute Gasteiger partial charge is 0.187 e. The number of rotatable bonds is 3. The maximum atomic E-state index is 9.60. The van der Waals surface area contributed by atoms with Gasteiger partial charge >= 0.3 is 0 Å². The van der Waals surface area contributed by atoms with Crippen molar-refractivity contribution in [2.75, 3.05) is 0 Å². The first-order valence-corrected chi connectivity index (χ1v) is 7.19. The first-order valence-electron chi connectivity index (χ1n) is 6.78. The number of allylic oxidation sites excluding steroid dienone is 1. The van der Waals surface area contributed by atoms with Crippen molar-refractivity contribution in [3.63, 3.8) is 0 Å². The number of thiocarbonyl (C=S) groups is 1. The van der Waals surface area contributed by atoms with Crippen LogP contribution in [0.5, 0.6) is 5.75 Å². The summed E-state index contributed by atoms with van der Waals surface area (Å²) in [5, 5.41) is 17.5. The summed E-state index contributed by atoms with van der Waals surface area (Å²) in [5.74, 6) is 1.52. The molecule has 104 valence electrons. The van der Waals surface area contributed by atoms with Crippen molar-refractivity contribution in [1.82, 2.24) is 10.7 Å². The maximum Gasteiger partial charge on any atom is 0.187 e. The molecule has 1 aromatic carbocycles. The van der Waals surface area contributed by atoms with E-state index in [1.54, 1.807) is 24.4 Å². The van der Waals surface area contributed by atoms with Crippen molar-refractivity contribution in [3.8, 4) is 5.75 Å². The molecular weight excluding hydrogens is 270 g/mol. The summed E-state index contributed by atoms with van der Waals surface area (Å²) in [7, 11) is 0. The Bertz CT molecular complexity index is 570. The van der Waals surface area contributed by atoms with Gasteiger partial charge in [-0.05, 0) is 49.0 Å². The molecular formula is C15H17N3OS. The van der Waals surface area contributed by atoms with Crippen LogP contribution in [-0.4, -0.2) is 22.5 Å². The average Bonchev–Trinajstić information content (AvgIpc) is 3.03. The first kappa shape index (κ1) is 13.1. The molecule has 0 aromatic heterocycles. The number of phenols is 1. The van der Waals surface area contributed by atoms with E-state index >= 15 is 0 Å². The number of para-hydroxylation sites is 1. The second-order valence-electron chi connectivity index (χ2n) is 5.29. The number of hydrazone groups is 1. The van der Waals surface area contributed by atoms with Crippen LogP contribution in [0.3, 0.4) is 0 Å². The monoisotopic (exact) mass is 287 g/mol. The zero-order valence-corrected chi connectivity index (χ0v) is 11.8.